The van der Waals surface area contributed by atoms with E-state index in [-0.39, 0.29) is 10.8 Å². The molecule has 0 radical (unpaired) electrons. The topological polar surface area (TPSA) is 122 Å². The number of benzene rings is 3. The third-order valence-corrected chi connectivity index (χ3v) is 4.85. The van der Waals surface area contributed by atoms with Gasteiger partial charge in [-0.15, -0.1) is 15.0 Å². The number of hydrogen-bond donors (Lipinski definition) is 2. The lowest BCUT2D eigenvalue weighted by Gasteiger charge is -2.12. The molecule has 170 valence electrons. The highest BCUT2D eigenvalue weighted by atomic mass is 35.5. The summed E-state index contributed by atoms with van der Waals surface area (Å²) in [5.74, 6) is 0.355. The van der Waals surface area contributed by atoms with Crippen molar-refractivity contribution in [3.8, 4) is 22.9 Å². The molecule has 0 atom stereocenters. The van der Waals surface area contributed by atoms with Crippen molar-refractivity contribution in [2.75, 3.05) is 25.6 Å². The fourth-order valence-corrected chi connectivity index (χ4v) is 3.26. The molecule has 9 nitrogen and oxygen atoms in total. The Bertz CT molecular complexity index is 1240. The lowest BCUT2D eigenvalue weighted by molar-refractivity contribution is -0.139. The van der Waals surface area contributed by atoms with Gasteiger partial charge in [0.05, 0.1) is 18.2 Å². The van der Waals surface area contributed by atoms with Gasteiger partial charge in [-0.25, -0.2) is 4.79 Å². The Balaban J connectivity index is 1.33. The Morgan fingerprint density at radius 2 is 1.64 bits per heavy atom. The number of fused-ring (bicyclic) bond motifs is 1. The van der Waals surface area contributed by atoms with Crippen LogP contribution in [-0.4, -0.2) is 45.9 Å². The van der Waals surface area contributed by atoms with E-state index in [9.17, 15) is 4.79 Å². The van der Waals surface area contributed by atoms with E-state index in [1.54, 1.807) is 36.4 Å². The maximum atomic E-state index is 10.6. The first kappa shape index (κ1) is 22.2. The Morgan fingerprint density at radius 1 is 0.939 bits per heavy atom. The second kappa shape index (κ2) is 10.1. The maximum Gasteiger partial charge on any atom is 0.341 e. The largest absolute Gasteiger partial charge is 0.493 e. The second-order valence-corrected chi connectivity index (χ2v) is 7.44. The van der Waals surface area contributed by atoms with Gasteiger partial charge in [-0.2, -0.15) is 0 Å². The molecule has 3 aromatic carbocycles. The van der Waals surface area contributed by atoms with Crippen molar-refractivity contribution in [3.05, 3.63) is 65.7 Å². The van der Waals surface area contributed by atoms with E-state index in [0.29, 0.717) is 42.5 Å². The van der Waals surface area contributed by atoms with Crippen LogP contribution >= 0.6 is 11.6 Å². The molecule has 0 saturated carbocycles. The van der Waals surface area contributed by atoms with Gasteiger partial charge in [0.2, 0.25) is 0 Å². The Labute approximate surface area is 194 Å². The number of hydrogen-bond acceptors (Lipinski definition) is 7. The Morgan fingerprint density at radius 3 is 2.33 bits per heavy atom. The molecule has 4 rings (SSSR count). The molecule has 0 amide bonds. The van der Waals surface area contributed by atoms with Crippen LogP contribution < -0.4 is 19.9 Å². The quantitative estimate of drug-likeness (QED) is 0.265. The van der Waals surface area contributed by atoms with E-state index < -0.39 is 12.6 Å². The van der Waals surface area contributed by atoms with Crippen molar-refractivity contribution in [2.24, 2.45) is 0 Å². The van der Waals surface area contributed by atoms with Gasteiger partial charge >= 0.3 is 5.97 Å². The number of halogens is 1. The van der Waals surface area contributed by atoms with Crippen molar-refractivity contribution in [2.45, 2.75) is 6.42 Å². The number of nitrogens with two attached hydrogens (primary N) is 1. The third kappa shape index (κ3) is 5.64. The molecule has 33 heavy (non-hydrogen) atoms. The van der Waals surface area contributed by atoms with Gasteiger partial charge in [0.25, 0.3) is 0 Å². The molecule has 0 saturated heterocycles. The minimum Gasteiger partial charge on any atom is -0.493 e. The predicted octanol–water partition coefficient (Wildman–Crippen LogP) is 3.97. The van der Waals surface area contributed by atoms with E-state index >= 15 is 0 Å². The summed E-state index contributed by atoms with van der Waals surface area (Å²) < 4.78 is 16.7. The van der Waals surface area contributed by atoms with E-state index in [0.717, 1.165) is 11.0 Å². The molecule has 4 aromatic rings. The van der Waals surface area contributed by atoms with Crippen molar-refractivity contribution in [3.63, 3.8) is 0 Å². The van der Waals surface area contributed by atoms with Gasteiger partial charge < -0.3 is 25.1 Å². The standard InChI is InChI=1S/C23H21ClN4O5/c24-17-13-16(7-9-21(17)33-14-23(29)30)31-10-3-11-32-22-8-6-15(25)12-20(22)28-26-18-4-1-2-5-19(18)27-28/h1-2,4-9,12-13H,3,10-11,14,25H2,(H,29,30). The predicted molar refractivity (Wildman–Crippen MR) is 123 cm³/mol. The molecule has 3 N–H and O–H groups in total. The first-order valence-electron chi connectivity index (χ1n) is 10.1. The zero-order valence-electron chi connectivity index (χ0n) is 17.5. The molecule has 0 aliphatic rings. The highest BCUT2D eigenvalue weighted by Crippen LogP contribution is 2.29. The average Bonchev–Trinajstić information content (AvgIpc) is 3.23. The first-order chi connectivity index (χ1) is 16.0. The number of ether oxygens (including phenoxy) is 3. The van der Waals surface area contributed by atoms with Crippen molar-refractivity contribution >= 4 is 34.3 Å². The number of aromatic nitrogens is 3. The van der Waals surface area contributed by atoms with Crippen LogP contribution in [-0.2, 0) is 4.79 Å². The lowest BCUT2D eigenvalue weighted by atomic mass is 10.2. The summed E-state index contributed by atoms with van der Waals surface area (Å²) in [6.45, 7) is 0.319. The van der Waals surface area contributed by atoms with Crippen molar-refractivity contribution < 1.29 is 24.1 Å². The molecule has 1 heterocycles. The normalized spacial score (nSPS) is 10.8. The van der Waals surface area contributed by atoms with Crippen LogP contribution in [0.25, 0.3) is 16.7 Å². The van der Waals surface area contributed by atoms with Crippen LogP contribution in [0.2, 0.25) is 5.02 Å². The number of nitrogen functional groups attached to an aromatic ring is 1. The summed E-state index contributed by atoms with van der Waals surface area (Å²) in [6.07, 6.45) is 0.604. The van der Waals surface area contributed by atoms with E-state index in [2.05, 4.69) is 10.2 Å². The summed E-state index contributed by atoms with van der Waals surface area (Å²) >= 11 is 6.10. The average molecular weight is 469 g/mol. The monoisotopic (exact) mass is 468 g/mol. The van der Waals surface area contributed by atoms with Gasteiger partial charge in [-0.05, 0) is 42.5 Å². The summed E-state index contributed by atoms with van der Waals surface area (Å²) in [4.78, 5) is 12.1. The fourth-order valence-electron chi connectivity index (χ4n) is 3.04. The van der Waals surface area contributed by atoms with Crippen molar-refractivity contribution in [1.82, 2.24) is 15.0 Å². The third-order valence-electron chi connectivity index (χ3n) is 4.55. The van der Waals surface area contributed by atoms with Crippen LogP contribution in [0.4, 0.5) is 5.69 Å². The number of nitrogens with zero attached hydrogens (tertiary/aromatic N) is 3. The van der Waals surface area contributed by atoms with Gasteiger partial charge in [0.15, 0.2) is 6.61 Å². The number of anilines is 1. The van der Waals surface area contributed by atoms with E-state index in [1.165, 1.54) is 4.80 Å². The molecule has 0 fully saturated rings. The lowest BCUT2D eigenvalue weighted by Crippen LogP contribution is -2.10. The second-order valence-electron chi connectivity index (χ2n) is 7.03. The molecule has 0 aliphatic carbocycles. The minimum absolute atomic E-state index is 0.274. The molecule has 0 aliphatic heterocycles. The van der Waals surface area contributed by atoms with Crippen LogP contribution in [0.3, 0.4) is 0 Å². The smallest absolute Gasteiger partial charge is 0.341 e. The molecule has 10 heteroatoms. The number of aliphatic carboxylic acids is 1. The van der Waals surface area contributed by atoms with E-state index in [1.807, 2.05) is 24.3 Å². The van der Waals surface area contributed by atoms with Gasteiger partial charge in [0.1, 0.15) is 34.0 Å². The highest BCUT2D eigenvalue weighted by molar-refractivity contribution is 6.32. The zero-order chi connectivity index (χ0) is 23.2. The van der Waals surface area contributed by atoms with Crippen LogP contribution in [0, 0.1) is 0 Å². The molecular formula is C23H21ClN4O5. The molecular weight excluding hydrogens is 448 g/mol. The minimum atomic E-state index is -1.08. The summed E-state index contributed by atoms with van der Waals surface area (Å²) in [5.41, 5.74) is 8.74. The van der Waals surface area contributed by atoms with Crippen LogP contribution in [0.5, 0.6) is 17.2 Å². The fraction of sp³-hybridized carbons (Fsp3) is 0.174. The Hall–Kier alpha value is -3.98. The van der Waals surface area contributed by atoms with Gasteiger partial charge in [-0.3, -0.25) is 0 Å². The van der Waals surface area contributed by atoms with E-state index in [4.69, 9.17) is 36.7 Å². The molecule has 0 bridgehead atoms. The maximum absolute atomic E-state index is 10.6. The summed E-state index contributed by atoms with van der Waals surface area (Å²) in [7, 11) is 0. The number of rotatable bonds is 10. The summed E-state index contributed by atoms with van der Waals surface area (Å²) in [6, 6.07) is 17.7. The SMILES string of the molecule is Nc1ccc(OCCCOc2ccc(OCC(=O)O)c(Cl)c2)c(-n2nc3ccccc3n2)c1. The van der Waals surface area contributed by atoms with Crippen LogP contribution in [0.1, 0.15) is 6.42 Å². The van der Waals surface area contributed by atoms with Crippen LogP contribution in [0.15, 0.2) is 60.7 Å². The van der Waals surface area contributed by atoms with Gasteiger partial charge in [-0.1, -0.05) is 23.7 Å². The number of carboxylic acids is 1. The highest BCUT2D eigenvalue weighted by Gasteiger charge is 2.11. The summed E-state index contributed by atoms with van der Waals surface area (Å²) in [5, 5.41) is 17.9. The van der Waals surface area contributed by atoms with Crippen molar-refractivity contribution in [1.29, 1.82) is 0 Å². The van der Waals surface area contributed by atoms with Gasteiger partial charge in [0, 0.05) is 18.2 Å². The molecule has 1 aromatic heterocycles. The Kier molecular flexibility index (Phi) is 6.80. The molecule has 0 spiro atoms. The number of carboxylic acid groups (broad SMARTS) is 1. The number of carbonyl (C=O) groups is 1. The zero-order valence-corrected chi connectivity index (χ0v) is 18.2. The first-order valence-corrected chi connectivity index (χ1v) is 10.5. The molecule has 0 unspecified atom stereocenters.